The fraction of sp³-hybridized carbons (Fsp3) is 0.462. The van der Waals surface area contributed by atoms with Crippen LogP contribution in [0.1, 0.15) is 12.0 Å². The lowest BCUT2D eigenvalue weighted by Crippen LogP contribution is -2.37. The van der Waals surface area contributed by atoms with Gasteiger partial charge in [0.15, 0.2) is 0 Å². The SMILES string of the molecule is O=C(Cc1ccc(S(=O)(=O)C(F)F)cc1)NC1CCNC1. The summed E-state index contributed by atoms with van der Waals surface area (Å²) >= 11 is 0. The van der Waals surface area contributed by atoms with Gasteiger partial charge in [-0.2, -0.15) is 8.78 Å². The van der Waals surface area contributed by atoms with Crippen LogP contribution in [0.4, 0.5) is 8.78 Å². The average Bonchev–Trinajstić information content (AvgIpc) is 2.91. The second-order valence-electron chi connectivity index (χ2n) is 4.88. The fourth-order valence-electron chi connectivity index (χ4n) is 2.14. The van der Waals surface area contributed by atoms with Gasteiger partial charge in [0.05, 0.1) is 11.3 Å². The maximum atomic E-state index is 12.4. The van der Waals surface area contributed by atoms with E-state index in [-0.39, 0.29) is 18.4 Å². The Morgan fingerprint density at radius 1 is 1.33 bits per heavy atom. The van der Waals surface area contributed by atoms with Crippen molar-refractivity contribution in [2.75, 3.05) is 13.1 Å². The summed E-state index contributed by atoms with van der Waals surface area (Å²) in [6.07, 6.45) is 0.961. The molecule has 1 aliphatic rings. The molecule has 21 heavy (non-hydrogen) atoms. The van der Waals surface area contributed by atoms with Crippen LogP contribution in [0.5, 0.6) is 0 Å². The molecule has 1 saturated heterocycles. The van der Waals surface area contributed by atoms with Gasteiger partial charge < -0.3 is 10.6 Å². The Balaban J connectivity index is 1.97. The normalized spacial score (nSPS) is 18.9. The monoisotopic (exact) mass is 318 g/mol. The van der Waals surface area contributed by atoms with Gasteiger partial charge >= 0.3 is 5.76 Å². The van der Waals surface area contributed by atoms with Crippen molar-refractivity contribution < 1.29 is 22.0 Å². The number of hydrogen-bond acceptors (Lipinski definition) is 4. The molecular formula is C13H16F2N2O3S. The highest BCUT2D eigenvalue weighted by Crippen LogP contribution is 2.18. The van der Waals surface area contributed by atoms with Gasteiger partial charge in [-0.05, 0) is 30.7 Å². The number of alkyl halides is 2. The number of nitrogens with one attached hydrogen (secondary N) is 2. The predicted octanol–water partition coefficient (Wildman–Crippen LogP) is 0.704. The molecule has 0 aromatic heterocycles. The van der Waals surface area contributed by atoms with Crippen molar-refractivity contribution in [3.05, 3.63) is 29.8 Å². The zero-order chi connectivity index (χ0) is 15.5. The highest BCUT2D eigenvalue weighted by Gasteiger charge is 2.26. The molecule has 0 radical (unpaired) electrons. The lowest BCUT2D eigenvalue weighted by molar-refractivity contribution is -0.121. The topological polar surface area (TPSA) is 75.3 Å². The Morgan fingerprint density at radius 3 is 2.52 bits per heavy atom. The van der Waals surface area contributed by atoms with E-state index in [1.165, 1.54) is 12.1 Å². The highest BCUT2D eigenvalue weighted by atomic mass is 32.2. The van der Waals surface area contributed by atoms with Gasteiger partial charge in [-0.15, -0.1) is 0 Å². The Labute approximate surface area is 121 Å². The number of benzene rings is 1. The minimum absolute atomic E-state index is 0.0888. The van der Waals surface area contributed by atoms with Crippen LogP contribution in [0, 0.1) is 0 Å². The molecule has 2 N–H and O–H groups in total. The molecule has 8 heteroatoms. The summed E-state index contributed by atoms with van der Waals surface area (Å²) in [5, 5.41) is 5.97. The molecule has 1 aromatic carbocycles. The van der Waals surface area contributed by atoms with E-state index in [1.54, 1.807) is 0 Å². The van der Waals surface area contributed by atoms with E-state index in [1.807, 2.05) is 0 Å². The van der Waals surface area contributed by atoms with E-state index in [0.29, 0.717) is 5.56 Å². The van der Waals surface area contributed by atoms with Crippen LogP contribution in [-0.4, -0.2) is 39.2 Å². The van der Waals surface area contributed by atoms with Crippen LogP contribution in [0.25, 0.3) is 0 Å². The van der Waals surface area contributed by atoms with Gasteiger partial charge in [0, 0.05) is 12.6 Å². The summed E-state index contributed by atoms with van der Waals surface area (Å²) in [5.41, 5.74) is 0.576. The maximum Gasteiger partial charge on any atom is 0.341 e. The van der Waals surface area contributed by atoms with E-state index < -0.39 is 20.5 Å². The van der Waals surface area contributed by atoms with Gasteiger partial charge in [-0.3, -0.25) is 4.79 Å². The van der Waals surface area contributed by atoms with E-state index in [9.17, 15) is 22.0 Å². The molecule has 0 aliphatic carbocycles. The third-order valence-corrected chi connectivity index (χ3v) is 4.67. The summed E-state index contributed by atoms with van der Waals surface area (Å²) in [5.74, 6) is -3.62. The molecule has 1 aliphatic heterocycles. The molecule has 0 bridgehead atoms. The van der Waals surface area contributed by atoms with E-state index in [4.69, 9.17) is 0 Å². The quantitative estimate of drug-likeness (QED) is 0.838. The van der Waals surface area contributed by atoms with Crippen LogP contribution >= 0.6 is 0 Å². The van der Waals surface area contributed by atoms with Crippen LogP contribution in [0.3, 0.4) is 0 Å². The Hall–Kier alpha value is -1.54. The molecule has 0 spiro atoms. The Morgan fingerprint density at radius 2 is 2.00 bits per heavy atom. The third kappa shape index (κ3) is 3.98. The first-order valence-electron chi connectivity index (χ1n) is 6.50. The fourth-order valence-corrected chi connectivity index (χ4v) is 2.86. The van der Waals surface area contributed by atoms with Crippen molar-refractivity contribution in [3.8, 4) is 0 Å². The van der Waals surface area contributed by atoms with Gasteiger partial charge in [0.1, 0.15) is 0 Å². The highest BCUT2D eigenvalue weighted by molar-refractivity contribution is 7.91. The number of amides is 1. The van der Waals surface area contributed by atoms with E-state index in [2.05, 4.69) is 10.6 Å². The van der Waals surface area contributed by atoms with Gasteiger partial charge in [0.2, 0.25) is 15.7 Å². The molecule has 0 saturated carbocycles. The molecule has 1 amide bonds. The second kappa shape index (κ2) is 6.48. The van der Waals surface area contributed by atoms with E-state index in [0.717, 1.165) is 31.6 Å². The minimum Gasteiger partial charge on any atom is -0.352 e. The lowest BCUT2D eigenvalue weighted by atomic mass is 10.1. The first-order chi connectivity index (χ1) is 9.89. The molecule has 2 rings (SSSR count). The average molecular weight is 318 g/mol. The molecule has 116 valence electrons. The number of carbonyl (C=O) groups excluding carboxylic acids is 1. The summed E-state index contributed by atoms with van der Waals surface area (Å²) < 4.78 is 47.3. The first-order valence-corrected chi connectivity index (χ1v) is 8.05. The Kier molecular flexibility index (Phi) is 4.89. The van der Waals surface area contributed by atoms with Crippen molar-refractivity contribution in [1.29, 1.82) is 0 Å². The van der Waals surface area contributed by atoms with E-state index >= 15 is 0 Å². The van der Waals surface area contributed by atoms with Crippen molar-refractivity contribution in [2.24, 2.45) is 0 Å². The van der Waals surface area contributed by atoms with Crippen LogP contribution < -0.4 is 10.6 Å². The number of carbonyl (C=O) groups is 1. The van der Waals surface area contributed by atoms with Gasteiger partial charge in [-0.1, -0.05) is 12.1 Å². The summed E-state index contributed by atoms with van der Waals surface area (Å²) in [7, 11) is -4.58. The van der Waals surface area contributed by atoms with Crippen LogP contribution in [-0.2, 0) is 21.1 Å². The van der Waals surface area contributed by atoms with Crippen molar-refractivity contribution in [2.45, 2.75) is 29.5 Å². The second-order valence-corrected chi connectivity index (χ2v) is 6.80. The first kappa shape index (κ1) is 15.8. The lowest BCUT2D eigenvalue weighted by Gasteiger charge is -2.11. The van der Waals surface area contributed by atoms with Crippen molar-refractivity contribution >= 4 is 15.7 Å². The molecule has 1 aromatic rings. The zero-order valence-corrected chi connectivity index (χ0v) is 12.0. The standard InChI is InChI=1S/C13H16F2N2O3S/c14-13(15)21(19,20)11-3-1-9(2-4-11)7-12(18)17-10-5-6-16-8-10/h1-4,10,13,16H,5-8H2,(H,17,18). The number of sulfone groups is 1. The smallest absolute Gasteiger partial charge is 0.341 e. The maximum absolute atomic E-state index is 12.4. The molecule has 1 atom stereocenters. The van der Waals surface area contributed by atoms with Crippen LogP contribution in [0.2, 0.25) is 0 Å². The Bertz CT molecular complexity index is 596. The number of rotatable bonds is 5. The predicted molar refractivity (Wildman–Crippen MR) is 72.8 cm³/mol. The third-order valence-electron chi connectivity index (χ3n) is 3.28. The number of halogens is 2. The summed E-state index contributed by atoms with van der Waals surface area (Å²) in [6.45, 7) is 1.60. The molecule has 5 nitrogen and oxygen atoms in total. The van der Waals surface area contributed by atoms with Crippen molar-refractivity contribution in [3.63, 3.8) is 0 Å². The summed E-state index contributed by atoms with van der Waals surface area (Å²) in [4.78, 5) is 11.3. The minimum atomic E-state index is -4.58. The molecule has 1 unspecified atom stereocenters. The van der Waals surface area contributed by atoms with Crippen LogP contribution in [0.15, 0.2) is 29.2 Å². The molecule has 1 fully saturated rings. The van der Waals surface area contributed by atoms with Gasteiger partial charge in [-0.25, -0.2) is 8.42 Å². The zero-order valence-electron chi connectivity index (χ0n) is 11.2. The van der Waals surface area contributed by atoms with Crippen molar-refractivity contribution in [1.82, 2.24) is 10.6 Å². The summed E-state index contributed by atoms with van der Waals surface area (Å²) in [6, 6.07) is 5.06. The van der Waals surface area contributed by atoms with Gasteiger partial charge in [0.25, 0.3) is 0 Å². The molecular weight excluding hydrogens is 302 g/mol. The largest absolute Gasteiger partial charge is 0.352 e. The number of hydrogen-bond donors (Lipinski definition) is 2. The molecule has 1 heterocycles.